The lowest BCUT2D eigenvalue weighted by Gasteiger charge is -2.14. The van der Waals surface area contributed by atoms with Gasteiger partial charge >= 0.3 is 5.97 Å². The van der Waals surface area contributed by atoms with Gasteiger partial charge in [0.05, 0.1) is 11.4 Å². The first-order valence-corrected chi connectivity index (χ1v) is 7.92. The van der Waals surface area contributed by atoms with E-state index in [0.29, 0.717) is 5.82 Å². The number of rotatable bonds is 5. The monoisotopic (exact) mass is 329 g/mol. The Hall–Kier alpha value is -2.63. The van der Waals surface area contributed by atoms with Crippen LogP contribution in [-0.4, -0.2) is 28.3 Å². The first-order valence-electron chi connectivity index (χ1n) is 7.92. The molecule has 1 N–H and O–H groups in total. The fraction of sp³-hybridized carbons (Fsp3) is 0.389. The van der Waals surface area contributed by atoms with Crippen LogP contribution in [0.5, 0.6) is 0 Å². The number of nitrogens with one attached hydrogen (secondary N) is 1. The molecular formula is C18H23N3O3. The highest BCUT2D eigenvalue weighted by Gasteiger charge is 2.21. The van der Waals surface area contributed by atoms with E-state index in [4.69, 9.17) is 4.74 Å². The molecule has 0 aliphatic rings. The largest absolute Gasteiger partial charge is 0.456 e. The SMILES string of the molecule is CCC(=O)OCC(=O)Nc1cc(C(C)(C)C)nn1-c1ccccc1. The van der Waals surface area contributed by atoms with Crippen LogP contribution in [0.25, 0.3) is 5.69 Å². The topological polar surface area (TPSA) is 73.2 Å². The van der Waals surface area contributed by atoms with Crippen molar-refractivity contribution in [2.24, 2.45) is 0 Å². The number of carbonyl (C=O) groups is 2. The number of anilines is 1. The van der Waals surface area contributed by atoms with Gasteiger partial charge in [0.2, 0.25) is 0 Å². The van der Waals surface area contributed by atoms with Gasteiger partial charge in [0.25, 0.3) is 5.91 Å². The predicted molar refractivity (Wildman–Crippen MR) is 92.1 cm³/mol. The number of hydrogen-bond donors (Lipinski definition) is 1. The zero-order chi connectivity index (χ0) is 17.7. The van der Waals surface area contributed by atoms with Crippen LogP contribution in [0.2, 0.25) is 0 Å². The third-order valence-electron chi connectivity index (χ3n) is 3.40. The summed E-state index contributed by atoms with van der Waals surface area (Å²) in [5.41, 5.74) is 1.54. The van der Waals surface area contributed by atoms with Gasteiger partial charge < -0.3 is 10.1 Å². The maximum Gasteiger partial charge on any atom is 0.306 e. The highest BCUT2D eigenvalue weighted by atomic mass is 16.5. The Bertz CT molecular complexity index is 715. The second-order valence-electron chi connectivity index (χ2n) is 6.47. The Morgan fingerprint density at radius 3 is 2.46 bits per heavy atom. The fourth-order valence-electron chi connectivity index (χ4n) is 2.03. The Balaban J connectivity index is 2.26. The molecule has 128 valence electrons. The molecule has 0 atom stereocenters. The van der Waals surface area contributed by atoms with Crippen molar-refractivity contribution in [3.8, 4) is 5.69 Å². The molecule has 24 heavy (non-hydrogen) atoms. The molecule has 1 aromatic heterocycles. The molecule has 0 radical (unpaired) electrons. The first kappa shape index (κ1) is 17.7. The van der Waals surface area contributed by atoms with Crippen LogP contribution in [0.3, 0.4) is 0 Å². The maximum atomic E-state index is 12.0. The molecule has 1 amide bonds. The molecule has 2 aromatic rings. The van der Waals surface area contributed by atoms with E-state index in [1.807, 2.05) is 36.4 Å². The van der Waals surface area contributed by atoms with Gasteiger partial charge in [0.1, 0.15) is 5.82 Å². The summed E-state index contributed by atoms with van der Waals surface area (Å²) in [6.45, 7) is 7.54. The molecule has 2 rings (SSSR count). The van der Waals surface area contributed by atoms with Gasteiger partial charge in [0, 0.05) is 17.9 Å². The molecule has 0 unspecified atom stereocenters. The first-order chi connectivity index (χ1) is 11.3. The minimum atomic E-state index is -0.405. The zero-order valence-electron chi connectivity index (χ0n) is 14.5. The van der Waals surface area contributed by atoms with Gasteiger partial charge in [-0.15, -0.1) is 0 Å². The van der Waals surface area contributed by atoms with Crippen LogP contribution in [0.15, 0.2) is 36.4 Å². The number of amides is 1. The highest BCUT2D eigenvalue weighted by Crippen LogP contribution is 2.26. The lowest BCUT2D eigenvalue weighted by atomic mass is 9.92. The van der Waals surface area contributed by atoms with Gasteiger partial charge in [-0.2, -0.15) is 5.10 Å². The van der Waals surface area contributed by atoms with Gasteiger partial charge in [-0.1, -0.05) is 45.9 Å². The van der Waals surface area contributed by atoms with Crippen molar-refractivity contribution in [1.82, 2.24) is 9.78 Å². The summed E-state index contributed by atoms with van der Waals surface area (Å²) in [6.07, 6.45) is 0.239. The number of carbonyl (C=O) groups excluding carboxylic acids is 2. The molecule has 1 heterocycles. The van der Waals surface area contributed by atoms with E-state index in [0.717, 1.165) is 11.4 Å². The minimum absolute atomic E-state index is 0.159. The average Bonchev–Trinajstić information content (AvgIpc) is 2.97. The second-order valence-corrected chi connectivity index (χ2v) is 6.47. The third-order valence-corrected chi connectivity index (χ3v) is 3.40. The molecule has 0 fully saturated rings. The summed E-state index contributed by atoms with van der Waals surface area (Å²) < 4.78 is 6.54. The van der Waals surface area contributed by atoms with Crippen LogP contribution in [0.1, 0.15) is 39.8 Å². The predicted octanol–water partition coefficient (Wildman–Crippen LogP) is 3.06. The highest BCUT2D eigenvalue weighted by molar-refractivity contribution is 5.92. The van der Waals surface area contributed by atoms with Crippen LogP contribution in [0, 0.1) is 0 Å². The van der Waals surface area contributed by atoms with Gasteiger partial charge in [-0.3, -0.25) is 9.59 Å². The number of nitrogens with zero attached hydrogens (tertiary/aromatic N) is 2. The third kappa shape index (κ3) is 4.44. The van der Waals surface area contributed by atoms with Crippen molar-refractivity contribution in [3.63, 3.8) is 0 Å². The van der Waals surface area contributed by atoms with Crippen molar-refractivity contribution in [2.75, 3.05) is 11.9 Å². The summed E-state index contributed by atoms with van der Waals surface area (Å²) in [5.74, 6) is -0.255. The normalized spacial score (nSPS) is 11.2. The Labute approximate surface area is 141 Å². The van der Waals surface area contributed by atoms with E-state index < -0.39 is 11.9 Å². The molecule has 6 nitrogen and oxygen atoms in total. The van der Waals surface area contributed by atoms with Gasteiger partial charge in [-0.05, 0) is 12.1 Å². The van der Waals surface area contributed by atoms with Crippen LogP contribution >= 0.6 is 0 Å². The van der Waals surface area contributed by atoms with Crippen molar-refractivity contribution in [3.05, 3.63) is 42.1 Å². The molecule has 6 heteroatoms. The number of ether oxygens (including phenoxy) is 1. The number of benzene rings is 1. The molecule has 0 saturated carbocycles. The Morgan fingerprint density at radius 1 is 1.21 bits per heavy atom. The maximum absolute atomic E-state index is 12.0. The second kappa shape index (κ2) is 7.29. The quantitative estimate of drug-likeness (QED) is 0.856. The fourth-order valence-corrected chi connectivity index (χ4v) is 2.03. The van der Waals surface area contributed by atoms with Crippen molar-refractivity contribution in [1.29, 1.82) is 0 Å². The lowest BCUT2D eigenvalue weighted by Crippen LogP contribution is -2.22. The average molecular weight is 329 g/mol. The van der Waals surface area contributed by atoms with Gasteiger partial charge in [0.15, 0.2) is 6.61 Å². The van der Waals surface area contributed by atoms with Crippen LogP contribution < -0.4 is 5.32 Å². The summed E-state index contributed by atoms with van der Waals surface area (Å²) in [6, 6.07) is 11.4. The molecule has 1 aromatic carbocycles. The van der Waals surface area contributed by atoms with Crippen molar-refractivity contribution >= 4 is 17.7 Å². The van der Waals surface area contributed by atoms with E-state index in [1.165, 1.54) is 0 Å². The Kier molecular flexibility index (Phi) is 5.39. The van der Waals surface area contributed by atoms with E-state index in [1.54, 1.807) is 11.6 Å². The number of esters is 1. The summed E-state index contributed by atoms with van der Waals surface area (Å²) >= 11 is 0. The number of para-hydroxylation sites is 1. The number of hydrogen-bond acceptors (Lipinski definition) is 4. The van der Waals surface area contributed by atoms with E-state index in [9.17, 15) is 9.59 Å². The number of aromatic nitrogens is 2. The van der Waals surface area contributed by atoms with Gasteiger partial charge in [-0.25, -0.2) is 4.68 Å². The van der Waals surface area contributed by atoms with Crippen molar-refractivity contribution < 1.29 is 14.3 Å². The van der Waals surface area contributed by atoms with E-state index >= 15 is 0 Å². The minimum Gasteiger partial charge on any atom is -0.456 e. The van der Waals surface area contributed by atoms with Crippen molar-refractivity contribution in [2.45, 2.75) is 39.5 Å². The standard InChI is InChI=1S/C18H23N3O3/c1-5-17(23)24-12-16(22)19-15-11-14(18(2,3)4)20-21(15)13-9-7-6-8-10-13/h6-11H,5,12H2,1-4H3,(H,19,22). The molecular weight excluding hydrogens is 306 g/mol. The summed E-state index contributed by atoms with van der Waals surface area (Å²) in [4.78, 5) is 23.2. The molecule has 0 bridgehead atoms. The lowest BCUT2D eigenvalue weighted by molar-refractivity contribution is -0.146. The molecule has 0 saturated heterocycles. The van der Waals surface area contributed by atoms with E-state index in [-0.39, 0.29) is 18.4 Å². The van der Waals surface area contributed by atoms with Crippen LogP contribution in [0.4, 0.5) is 5.82 Å². The van der Waals surface area contributed by atoms with E-state index in [2.05, 4.69) is 31.2 Å². The summed E-state index contributed by atoms with van der Waals surface area (Å²) in [7, 11) is 0. The zero-order valence-corrected chi connectivity index (χ0v) is 14.5. The molecule has 0 spiro atoms. The van der Waals surface area contributed by atoms with Crippen LogP contribution in [-0.2, 0) is 19.7 Å². The molecule has 0 aliphatic carbocycles. The molecule has 0 aliphatic heterocycles. The summed E-state index contributed by atoms with van der Waals surface area (Å²) in [5, 5.41) is 7.38. The Morgan fingerprint density at radius 2 is 1.88 bits per heavy atom. The smallest absolute Gasteiger partial charge is 0.306 e.